The van der Waals surface area contributed by atoms with Crippen LogP contribution in [0.3, 0.4) is 0 Å². The molecule has 0 saturated heterocycles. The van der Waals surface area contributed by atoms with Gasteiger partial charge in [0.15, 0.2) is 0 Å². The monoisotopic (exact) mass is 332 g/mol. The van der Waals surface area contributed by atoms with Crippen LogP contribution < -0.4 is 0 Å². The SMILES string of the molecule is CCc1c(-c2ccc(C#N)cc2)c(C)n(C)c1Cc1ccc(F)cc1. The van der Waals surface area contributed by atoms with E-state index in [1.54, 1.807) is 0 Å². The minimum atomic E-state index is -0.208. The van der Waals surface area contributed by atoms with Crippen LogP contribution in [0.2, 0.25) is 0 Å². The predicted molar refractivity (Wildman–Crippen MR) is 98.9 cm³/mol. The van der Waals surface area contributed by atoms with Crippen LogP contribution in [0.25, 0.3) is 11.1 Å². The zero-order valence-corrected chi connectivity index (χ0v) is 14.8. The summed E-state index contributed by atoms with van der Waals surface area (Å²) in [5.41, 5.74) is 7.92. The molecule has 2 aromatic carbocycles. The van der Waals surface area contributed by atoms with E-state index in [-0.39, 0.29) is 5.82 Å². The molecule has 0 fully saturated rings. The highest BCUT2D eigenvalue weighted by molar-refractivity contribution is 5.72. The Labute approximate surface area is 148 Å². The number of nitriles is 1. The van der Waals surface area contributed by atoms with Gasteiger partial charge in [0, 0.05) is 30.4 Å². The molecule has 0 N–H and O–H groups in total. The normalized spacial score (nSPS) is 10.7. The van der Waals surface area contributed by atoms with Gasteiger partial charge in [0.25, 0.3) is 0 Å². The smallest absolute Gasteiger partial charge is 0.123 e. The summed E-state index contributed by atoms with van der Waals surface area (Å²) in [6.07, 6.45) is 1.70. The van der Waals surface area contributed by atoms with E-state index in [9.17, 15) is 4.39 Å². The maximum atomic E-state index is 13.2. The predicted octanol–water partition coefficient (Wildman–Crippen LogP) is 5.16. The lowest BCUT2D eigenvalue weighted by Crippen LogP contribution is -2.01. The molecule has 2 nitrogen and oxygen atoms in total. The van der Waals surface area contributed by atoms with E-state index in [1.165, 1.54) is 34.6 Å². The van der Waals surface area contributed by atoms with Crippen LogP contribution in [0.15, 0.2) is 48.5 Å². The lowest BCUT2D eigenvalue weighted by Gasteiger charge is -2.08. The van der Waals surface area contributed by atoms with Gasteiger partial charge in [-0.05, 0) is 54.3 Å². The van der Waals surface area contributed by atoms with Gasteiger partial charge in [-0.2, -0.15) is 5.26 Å². The van der Waals surface area contributed by atoms with Crippen molar-refractivity contribution in [1.29, 1.82) is 5.26 Å². The molecule has 0 atom stereocenters. The third kappa shape index (κ3) is 3.21. The Balaban J connectivity index is 2.08. The van der Waals surface area contributed by atoms with Crippen molar-refractivity contribution in [3.63, 3.8) is 0 Å². The van der Waals surface area contributed by atoms with Crippen LogP contribution in [-0.4, -0.2) is 4.57 Å². The summed E-state index contributed by atoms with van der Waals surface area (Å²) in [4.78, 5) is 0. The second-order valence-electron chi connectivity index (χ2n) is 6.29. The molecule has 25 heavy (non-hydrogen) atoms. The van der Waals surface area contributed by atoms with Crippen molar-refractivity contribution in [3.05, 3.63) is 82.4 Å². The van der Waals surface area contributed by atoms with Gasteiger partial charge in [0.05, 0.1) is 11.6 Å². The van der Waals surface area contributed by atoms with E-state index in [4.69, 9.17) is 5.26 Å². The molecule has 1 aromatic heterocycles. The van der Waals surface area contributed by atoms with Crippen molar-refractivity contribution in [3.8, 4) is 17.2 Å². The lowest BCUT2D eigenvalue weighted by atomic mass is 9.96. The number of hydrogen-bond acceptors (Lipinski definition) is 1. The van der Waals surface area contributed by atoms with Gasteiger partial charge in [0.2, 0.25) is 0 Å². The Morgan fingerprint density at radius 1 is 1.04 bits per heavy atom. The Morgan fingerprint density at radius 2 is 1.68 bits per heavy atom. The van der Waals surface area contributed by atoms with E-state index in [0.717, 1.165) is 24.0 Å². The third-order valence-corrected chi connectivity index (χ3v) is 4.86. The lowest BCUT2D eigenvalue weighted by molar-refractivity contribution is 0.627. The number of aromatic nitrogens is 1. The van der Waals surface area contributed by atoms with Gasteiger partial charge in [0.1, 0.15) is 5.82 Å². The molecule has 0 spiro atoms. The third-order valence-electron chi connectivity index (χ3n) is 4.86. The van der Waals surface area contributed by atoms with Crippen molar-refractivity contribution in [2.75, 3.05) is 0 Å². The average Bonchev–Trinajstić information content (AvgIpc) is 2.88. The van der Waals surface area contributed by atoms with Crippen LogP contribution in [0.5, 0.6) is 0 Å². The molecule has 0 amide bonds. The Bertz CT molecular complexity index is 926. The highest BCUT2D eigenvalue weighted by Gasteiger charge is 2.18. The highest BCUT2D eigenvalue weighted by atomic mass is 19.1. The summed E-state index contributed by atoms with van der Waals surface area (Å²) in [5, 5.41) is 9.01. The molecule has 3 aromatic rings. The summed E-state index contributed by atoms with van der Waals surface area (Å²) < 4.78 is 15.4. The first-order valence-electron chi connectivity index (χ1n) is 8.47. The van der Waals surface area contributed by atoms with Crippen LogP contribution in [0.4, 0.5) is 4.39 Å². The van der Waals surface area contributed by atoms with Crippen LogP contribution >= 0.6 is 0 Å². The summed E-state index contributed by atoms with van der Waals surface area (Å²) >= 11 is 0. The second kappa shape index (κ2) is 6.94. The minimum Gasteiger partial charge on any atom is -0.351 e. The molecule has 3 heteroatoms. The van der Waals surface area contributed by atoms with Gasteiger partial charge in [-0.1, -0.05) is 31.2 Å². The molecule has 126 valence electrons. The first kappa shape index (κ1) is 17.0. The van der Waals surface area contributed by atoms with Crippen LogP contribution in [-0.2, 0) is 19.9 Å². The fourth-order valence-corrected chi connectivity index (χ4v) is 3.43. The molecule has 0 bridgehead atoms. The largest absolute Gasteiger partial charge is 0.351 e. The van der Waals surface area contributed by atoms with Crippen molar-refractivity contribution < 1.29 is 4.39 Å². The maximum absolute atomic E-state index is 13.2. The van der Waals surface area contributed by atoms with Gasteiger partial charge >= 0.3 is 0 Å². The van der Waals surface area contributed by atoms with Gasteiger partial charge in [-0.3, -0.25) is 0 Å². The molecule has 0 aliphatic rings. The topological polar surface area (TPSA) is 28.7 Å². The molecule has 0 aliphatic carbocycles. The van der Waals surface area contributed by atoms with Crippen molar-refractivity contribution >= 4 is 0 Å². The Kier molecular flexibility index (Phi) is 4.72. The van der Waals surface area contributed by atoms with E-state index < -0.39 is 0 Å². The molecule has 0 unspecified atom stereocenters. The first-order valence-corrected chi connectivity index (χ1v) is 8.47. The standard InChI is InChI=1S/C22H21FN2/c1-4-20-21(13-16-7-11-19(23)12-8-16)25(3)15(2)22(20)18-9-5-17(14-24)6-10-18/h5-12H,4,13H2,1-3H3. The molecular formula is C22H21FN2. The van der Waals surface area contributed by atoms with E-state index in [2.05, 4.69) is 31.5 Å². The zero-order valence-electron chi connectivity index (χ0n) is 14.8. The van der Waals surface area contributed by atoms with Crippen molar-refractivity contribution in [1.82, 2.24) is 4.57 Å². The van der Waals surface area contributed by atoms with Gasteiger partial charge < -0.3 is 4.57 Å². The summed E-state index contributed by atoms with van der Waals surface area (Å²) in [6, 6.07) is 16.6. The van der Waals surface area contributed by atoms with Gasteiger partial charge in [-0.15, -0.1) is 0 Å². The molecule has 0 saturated carbocycles. The molecule has 0 aliphatic heterocycles. The number of halogens is 1. The molecule has 3 rings (SSSR count). The Morgan fingerprint density at radius 3 is 2.24 bits per heavy atom. The van der Waals surface area contributed by atoms with E-state index in [1.807, 2.05) is 36.4 Å². The second-order valence-corrected chi connectivity index (χ2v) is 6.29. The van der Waals surface area contributed by atoms with Crippen molar-refractivity contribution in [2.45, 2.75) is 26.7 Å². The van der Waals surface area contributed by atoms with Crippen LogP contribution in [0, 0.1) is 24.1 Å². The van der Waals surface area contributed by atoms with E-state index in [0.29, 0.717) is 5.56 Å². The highest BCUT2D eigenvalue weighted by Crippen LogP contribution is 2.33. The summed E-state index contributed by atoms with van der Waals surface area (Å²) in [5.74, 6) is -0.208. The minimum absolute atomic E-state index is 0.208. The number of hydrogen-bond donors (Lipinski definition) is 0. The quantitative estimate of drug-likeness (QED) is 0.648. The fraction of sp³-hybridized carbons (Fsp3) is 0.227. The fourth-order valence-electron chi connectivity index (χ4n) is 3.43. The maximum Gasteiger partial charge on any atom is 0.123 e. The van der Waals surface area contributed by atoms with Crippen LogP contribution in [0.1, 0.15) is 35.0 Å². The number of rotatable bonds is 4. The number of benzene rings is 2. The molecular weight excluding hydrogens is 311 g/mol. The summed E-state index contributed by atoms with van der Waals surface area (Å²) in [6.45, 7) is 4.29. The average molecular weight is 332 g/mol. The van der Waals surface area contributed by atoms with Crippen molar-refractivity contribution in [2.24, 2.45) is 7.05 Å². The molecule has 1 heterocycles. The zero-order chi connectivity index (χ0) is 18.0. The number of nitrogens with zero attached hydrogens (tertiary/aromatic N) is 2. The molecule has 0 radical (unpaired) electrons. The van der Waals surface area contributed by atoms with Gasteiger partial charge in [-0.25, -0.2) is 4.39 Å². The first-order chi connectivity index (χ1) is 12.0. The summed E-state index contributed by atoms with van der Waals surface area (Å²) in [7, 11) is 2.08. The Hall–Kier alpha value is -2.86. The van der Waals surface area contributed by atoms with E-state index >= 15 is 0 Å².